The number of fused-ring (bicyclic) bond motifs is 1. The lowest BCUT2D eigenvalue weighted by Gasteiger charge is -2.15. The number of anilines is 1. The van der Waals surface area contributed by atoms with Gasteiger partial charge in [-0.25, -0.2) is 4.79 Å². The molecule has 1 atom stereocenters. The summed E-state index contributed by atoms with van der Waals surface area (Å²) in [5, 5.41) is 7.05. The average Bonchev–Trinajstić information content (AvgIpc) is 3.05. The number of amides is 3. The van der Waals surface area contributed by atoms with Gasteiger partial charge in [0.2, 0.25) is 6.41 Å². The third-order valence-electron chi connectivity index (χ3n) is 5.31. The highest BCUT2D eigenvalue weighted by Crippen LogP contribution is 2.33. The molecule has 0 saturated heterocycles. The van der Waals surface area contributed by atoms with E-state index in [2.05, 4.69) is 58.1 Å². The first-order chi connectivity index (χ1) is 15.5. The van der Waals surface area contributed by atoms with Gasteiger partial charge in [0.15, 0.2) is 0 Å². The molecule has 0 aliphatic rings. The molecule has 4 aromatic rings. The highest BCUT2D eigenvalue weighted by Gasteiger charge is 2.15. The van der Waals surface area contributed by atoms with Crippen molar-refractivity contribution < 1.29 is 9.59 Å². The Morgan fingerprint density at radius 1 is 1.09 bits per heavy atom. The molecular weight excluding hydrogens is 402 g/mol. The number of benzene rings is 2. The molecule has 32 heavy (non-hydrogen) atoms. The summed E-state index contributed by atoms with van der Waals surface area (Å²) in [7, 11) is 2.08. The molecule has 4 rings (SSSR count). The van der Waals surface area contributed by atoms with Crippen molar-refractivity contribution in [2.24, 2.45) is 12.8 Å². The number of aromatic nitrogens is 2. The van der Waals surface area contributed by atoms with Gasteiger partial charge in [0.05, 0.1) is 11.7 Å². The van der Waals surface area contributed by atoms with Gasteiger partial charge >= 0.3 is 6.03 Å². The van der Waals surface area contributed by atoms with Crippen molar-refractivity contribution in [3.63, 3.8) is 0 Å². The Kier molecular flexibility index (Phi) is 7.23. The lowest BCUT2D eigenvalue weighted by atomic mass is 10.1. The largest absolute Gasteiger partial charge is 0.372 e. The standard InChI is InChI=1S/C24H24N4O.CH3NO/c1-16-21-15-20(27-24(29)26-17(2)18-11-13-25-14-12-18)9-10-22(21)28(3)23(16)19-7-5-4-6-8-19;2-1-3/h4-15,17H,1-3H3,(H2,26,27,29);1H,(H2,2,3). The summed E-state index contributed by atoms with van der Waals surface area (Å²) >= 11 is 0. The van der Waals surface area contributed by atoms with Crippen LogP contribution in [-0.2, 0) is 11.8 Å². The minimum absolute atomic E-state index is 0.107. The number of nitrogens with one attached hydrogen (secondary N) is 2. The summed E-state index contributed by atoms with van der Waals surface area (Å²) in [6.07, 6.45) is 3.70. The fraction of sp³-hybridized carbons (Fsp3) is 0.160. The van der Waals surface area contributed by atoms with Crippen molar-refractivity contribution in [2.75, 3.05) is 5.32 Å². The Balaban J connectivity index is 0.000000913. The minimum atomic E-state index is -0.231. The summed E-state index contributed by atoms with van der Waals surface area (Å²) in [5.41, 5.74) is 10.7. The number of nitrogens with two attached hydrogens (primary N) is 1. The van der Waals surface area contributed by atoms with Crippen LogP contribution in [0.4, 0.5) is 10.5 Å². The molecule has 0 radical (unpaired) electrons. The number of carbonyl (C=O) groups is 2. The summed E-state index contributed by atoms with van der Waals surface area (Å²) in [4.78, 5) is 25.1. The van der Waals surface area contributed by atoms with Gasteiger partial charge in [-0.3, -0.25) is 9.78 Å². The van der Waals surface area contributed by atoms with Crippen LogP contribution in [0.5, 0.6) is 0 Å². The van der Waals surface area contributed by atoms with E-state index in [1.54, 1.807) is 12.4 Å². The molecule has 164 valence electrons. The molecule has 0 spiro atoms. The SMILES string of the molecule is Cc1c(-c2ccccc2)n(C)c2ccc(NC(=O)NC(C)c3ccncc3)cc12.NC=O. The van der Waals surface area contributed by atoms with E-state index in [4.69, 9.17) is 4.79 Å². The van der Waals surface area contributed by atoms with Gasteiger partial charge in [-0.05, 0) is 60.9 Å². The quantitative estimate of drug-likeness (QED) is 0.415. The van der Waals surface area contributed by atoms with E-state index >= 15 is 0 Å². The van der Waals surface area contributed by atoms with Crippen molar-refractivity contribution in [1.29, 1.82) is 0 Å². The topological polar surface area (TPSA) is 102 Å². The zero-order valence-corrected chi connectivity index (χ0v) is 18.4. The molecule has 0 aliphatic carbocycles. The Labute approximate surface area is 187 Å². The highest BCUT2D eigenvalue weighted by atomic mass is 16.2. The van der Waals surface area contributed by atoms with Crippen molar-refractivity contribution in [3.05, 3.63) is 84.2 Å². The van der Waals surface area contributed by atoms with E-state index in [1.165, 1.54) is 16.8 Å². The molecule has 1 unspecified atom stereocenters. The Hall–Kier alpha value is -4.13. The molecule has 3 amide bonds. The molecule has 4 N–H and O–H groups in total. The molecule has 7 nitrogen and oxygen atoms in total. The number of hydrogen-bond acceptors (Lipinski definition) is 3. The highest BCUT2D eigenvalue weighted by molar-refractivity contribution is 5.97. The van der Waals surface area contributed by atoms with Crippen LogP contribution in [0.25, 0.3) is 22.2 Å². The Morgan fingerprint density at radius 2 is 1.75 bits per heavy atom. The Morgan fingerprint density at radius 3 is 2.41 bits per heavy atom. The van der Waals surface area contributed by atoms with Gasteiger partial charge in [0, 0.05) is 36.0 Å². The predicted molar refractivity (Wildman–Crippen MR) is 128 cm³/mol. The van der Waals surface area contributed by atoms with Gasteiger partial charge in [-0.2, -0.15) is 0 Å². The van der Waals surface area contributed by atoms with Crippen molar-refractivity contribution in [3.8, 4) is 11.3 Å². The Bertz CT molecular complexity index is 1200. The second kappa shape index (κ2) is 10.3. The van der Waals surface area contributed by atoms with E-state index in [1.807, 2.05) is 49.4 Å². The van der Waals surface area contributed by atoms with Gasteiger partial charge < -0.3 is 20.9 Å². The number of hydrogen-bond donors (Lipinski definition) is 3. The molecule has 0 bridgehead atoms. The molecule has 0 aliphatic heterocycles. The maximum absolute atomic E-state index is 12.5. The number of pyridine rings is 1. The van der Waals surface area contributed by atoms with Gasteiger partial charge in [-0.1, -0.05) is 30.3 Å². The van der Waals surface area contributed by atoms with Crippen LogP contribution in [0.1, 0.15) is 24.1 Å². The molecule has 2 aromatic heterocycles. The normalized spacial score (nSPS) is 11.2. The summed E-state index contributed by atoms with van der Waals surface area (Å²) in [6.45, 7) is 4.08. The van der Waals surface area contributed by atoms with Crippen LogP contribution in [0.15, 0.2) is 73.1 Å². The average molecular weight is 430 g/mol. The second-order valence-corrected chi connectivity index (χ2v) is 7.37. The molecular formula is C25H27N5O2. The smallest absolute Gasteiger partial charge is 0.319 e. The first-order valence-electron chi connectivity index (χ1n) is 10.2. The number of aryl methyl sites for hydroxylation is 2. The first kappa shape index (κ1) is 22.6. The molecule has 7 heteroatoms. The van der Waals surface area contributed by atoms with E-state index in [9.17, 15) is 4.79 Å². The fourth-order valence-corrected chi connectivity index (χ4v) is 3.81. The number of rotatable bonds is 4. The third kappa shape index (κ3) is 4.95. The fourth-order valence-electron chi connectivity index (χ4n) is 3.81. The predicted octanol–water partition coefficient (Wildman–Crippen LogP) is 4.53. The first-order valence-corrected chi connectivity index (χ1v) is 10.2. The van der Waals surface area contributed by atoms with Crippen molar-refractivity contribution in [2.45, 2.75) is 19.9 Å². The summed E-state index contributed by atoms with van der Waals surface area (Å²) < 4.78 is 2.20. The van der Waals surface area contributed by atoms with Crippen LogP contribution in [0.2, 0.25) is 0 Å². The molecule has 2 aromatic carbocycles. The van der Waals surface area contributed by atoms with Crippen LogP contribution in [-0.4, -0.2) is 22.0 Å². The maximum atomic E-state index is 12.5. The number of carbonyl (C=O) groups excluding carboxylic acids is 2. The number of nitrogens with zero attached hydrogens (tertiary/aromatic N) is 2. The van der Waals surface area contributed by atoms with Crippen LogP contribution in [0, 0.1) is 6.92 Å². The van der Waals surface area contributed by atoms with E-state index < -0.39 is 0 Å². The van der Waals surface area contributed by atoms with Gasteiger partial charge in [-0.15, -0.1) is 0 Å². The van der Waals surface area contributed by atoms with Crippen molar-refractivity contribution >= 4 is 29.0 Å². The lowest BCUT2D eigenvalue weighted by Crippen LogP contribution is -2.31. The van der Waals surface area contributed by atoms with Gasteiger partial charge in [0.25, 0.3) is 0 Å². The minimum Gasteiger partial charge on any atom is -0.372 e. The number of urea groups is 1. The zero-order chi connectivity index (χ0) is 23.1. The monoisotopic (exact) mass is 429 g/mol. The molecule has 0 fully saturated rings. The van der Waals surface area contributed by atoms with Crippen LogP contribution >= 0.6 is 0 Å². The summed E-state index contributed by atoms with van der Waals surface area (Å²) in [5.74, 6) is 0. The molecule has 2 heterocycles. The van der Waals surface area contributed by atoms with Crippen LogP contribution < -0.4 is 16.4 Å². The number of primary amides is 1. The maximum Gasteiger partial charge on any atom is 0.319 e. The van der Waals surface area contributed by atoms with E-state index in [0.717, 1.165) is 22.2 Å². The second-order valence-electron chi connectivity index (χ2n) is 7.37. The van der Waals surface area contributed by atoms with Gasteiger partial charge in [0.1, 0.15) is 0 Å². The van der Waals surface area contributed by atoms with E-state index in [0.29, 0.717) is 0 Å². The van der Waals surface area contributed by atoms with Crippen molar-refractivity contribution in [1.82, 2.24) is 14.9 Å². The van der Waals surface area contributed by atoms with E-state index in [-0.39, 0.29) is 18.5 Å². The molecule has 0 saturated carbocycles. The zero-order valence-electron chi connectivity index (χ0n) is 18.4. The van der Waals surface area contributed by atoms with Crippen LogP contribution in [0.3, 0.4) is 0 Å². The third-order valence-corrected chi connectivity index (χ3v) is 5.31. The summed E-state index contributed by atoms with van der Waals surface area (Å²) in [6, 6.07) is 19.8. The lowest BCUT2D eigenvalue weighted by molar-refractivity contribution is -0.106.